The number of hydrogen-bond donors (Lipinski definition) is 1. The molecule has 0 radical (unpaired) electrons. The fourth-order valence-electron chi connectivity index (χ4n) is 2.44. The molecule has 0 saturated heterocycles. The predicted molar refractivity (Wildman–Crippen MR) is 92.8 cm³/mol. The highest BCUT2D eigenvalue weighted by Crippen LogP contribution is 2.29. The maximum atomic E-state index is 13.1. The van der Waals surface area contributed by atoms with Gasteiger partial charge in [0.05, 0.1) is 23.3 Å². The van der Waals surface area contributed by atoms with Crippen LogP contribution in [0.25, 0.3) is 0 Å². The summed E-state index contributed by atoms with van der Waals surface area (Å²) in [6.45, 7) is 3.56. The normalized spacial score (nSPS) is 11.3. The van der Waals surface area contributed by atoms with Crippen molar-refractivity contribution in [3.05, 3.63) is 54.1 Å². The van der Waals surface area contributed by atoms with Crippen molar-refractivity contribution in [2.75, 3.05) is 11.4 Å². The fraction of sp³-hybridized carbons (Fsp3) is 0.235. The highest BCUT2D eigenvalue weighted by atomic mass is 32.2. The van der Waals surface area contributed by atoms with Crippen molar-refractivity contribution in [3.8, 4) is 5.75 Å². The van der Waals surface area contributed by atoms with E-state index in [9.17, 15) is 13.2 Å². The quantitative estimate of drug-likeness (QED) is 0.868. The van der Waals surface area contributed by atoms with Crippen molar-refractivity contribution < 1.29 is 17.9 Å². The number of rotatable bonds is 6. The van der Waals surface area contributed by atoms with Crippen LogP contribution in [-0.2, 0) is 10.0 Å². The molecule has 0 spiro atoms. The minimum atomic E-state index is -3.86. The van der Waals surface area contributed by atoms with E-state index in [-0.39, 0.29) is 22.3 Å². The Kier molecular flexibility index (Phi) is 5.14. The number of hydrogen-bond acceptors (Lipinski definition) is 4. The maximum Gasteiger partial charge on any atom is 0.264 e. The minimum Gasteiger partial charge on any atom is -0.496 e. The van der Waals surface area contributed by atoms with Gasteiger partial charge in [-0.1, -0.05) is 18.2 Å². The van der Waals surface area contributed by atoms with E-state index in [0.29, 0.717) is 5.69 Å². The Morgan fingerprint density at radius 2 is 1.75 bits per heavy atom. The fourth-order valence-corrected chi connectivity index (χ4v) is 4.13. The van der Waals surface area contributed by atoms with Crippen LogP contribution in [0.3, 0.4) is 0 Å². The third-order valence-corrected chi connectivity index (χ3v) is 5.47. The maximum absolute atomic E-state index is 13.1. The van der Waals surface area contributed by atoms with E-state index in [1.54, 1.807) is 38.1 Å². The summed E-state index contributed by atoms with van der Waals surface area (Å²) in [6, 6.07) is 12.5. The summed E-state index contributed by atoms with van der Waals surface area (Å²) < 4.78 is 32.5. The molecule has 2 aromatic carbocycles. The summed E-state index contributed by atoms with van der Waals surface area (Å²) in [5.74, 6) is -0.517. The zero-order chi connectivity index (χ0) is 17.9. The first-order chi connectivity index (χ1) is 11.3. The van der Waals surface area contributed by atoms with Crippen LogP contribution in [-0.4, -0.2) is 27.5 Å². The summed E-state index contributed by atoms with van der Waals surface area (Å²) in [4.78, 5) is 11.5. The third kappa shape index (κ3) is 3.35. The lowest BCUT2D eigenvalue weighted by atomic mass is 10.2. The zero-order valence-electron chi connectivity index (χ0n) is 13.8. The summed E-state index contributed by atoms with van der Waals surface area (Å²) in [5.41, 5.74) is 5.89. The number of methoxy groups -OCH3 is 1. The highest BCUT2D eigenvalue weighted by Gasteiger charge is 2.28. The van der Waals surface area contributed by atoms with E-state index in [4.69, 9.17) is 10.5 Å². The van der Waals surface area contributed by atoms with Crippen LogP contribution >= 0.6 is 0 Å². The number of para-hydroxylation sites is 1. The Hall–Kier alpha value is -2.54. The highest BCUT2D eigenvalue weighted by molar-refractivity contribution is 7.92. The first-order valence-electron chi connectivity index (χ1n) is 7.36. The van der Waals surface area contributed by atoms with Gasteiger partial charge in [-0.15, -0.1) is 0 Å². The first-order valence-corrected chi connectivity index (χ1v) is 8.80. The van der Waals surface area contributed by atoms with Crippen LogP contribution in [0.5, 0.6) is 5.75 Å². The molecule has 1 amide bonds. The molecule has 0 fully saturated rings. The average Bonchev–Trinajstić information content (AvgIpc) is 2.54. The van der Waals surface area contributed by atoms with Gasteiger partial charge in [0.15, 0.2) is 0 Å². The van der Waals surface area contributed by atoms with Crippen LogP contribution in [0.4, 0.5) is 5.69 Å². The number of anilines is 1. The molecular formula is C17H20N2O4S. The number of benzene rings is 2. The van der Waals surface area contributed by atoms with Gasteiger partial charge in [-0.25, -0.2) is 8.42 Å². The van der Waals surface area contributed by atoms with E-state index in [1.807, 2.05) is 6.07 Å². The lowest BCUT2D eigenvalue weighted by molar-refractivity contribution is 0.0997. The number of nitrogens with two attached hydrogens (primary N) is 1. The summed E-state index contributed by atoms with van der Waals surface area (Å²) in [5, 5.41) is 0. The molecule has 0 aliphatic heterocycles. The monoisotopic (exact) mass is 348 g/mol. The lowest BCUT2D eigenvalue weighted by Gasteiger charge is -2.28. The second-order valence-electron chi connectivity index (χ2n) is 5.46. The standard InChI is InChI=1S/C17H20N2O4S/c1-12(2)19(13-7-5-4-6-8-13)24(21,22)14-9-10-16(23-3)15(11-14)17(18)20/h4-12H,1-3H3,(H2,18,20). The number of carbonyl (C=O) groups excluding carboxylic acids is 1. The number of carbonyl (C=O) groups is 1. The summed E-state index contributed by atoms with van der Waals surface area (Å²) >= 11 is 0. The number of ether oxygens (including phenoxy) is 1. The van der Waals surface area contributed by atoms with Gasteiger partial charge in [0.25, 0.3) is 15.9 Å². The van der Waals surface area contributed by atoms with Crippen molar-refractivity contribution in [2.24, 2.45) is 5.73 Å². The van der Waals surface area contributed by atoms with Gasteiger partial charge in [-0.05, 0) is 44.2 Å². The van der Waals surface area contributed by atoms with E-state index in [2.05, 4.69) is 0 Å². The molecule has 2 rings (SSSR count). The van der Waals surface area contributed by atoms with Crippen LogP contribution in [0.1, 0.15) is 24.2 Å². The van der Waals surface area contributed by atoms with Gasteiger partial charge in [0.1, 0.15) is 5.75 Å². The van der Waals surface area contributed by atoms with Gasteiger partial charge in [0.2, 0.25) is 0 Å². The van der Waals surface area contributed by atoms with Crippen molar-refractivity contribution in [3.63, 3.8) is 0 Å². The molecule has 0 bridgehead atoms. The van der Waals surface area contributed by atoms with Crippen LogP contribution in [0, 0.1) is 0 Å². The van der Waals surface area contributed by atoms with Crippen LogP contribution in [0.2, 0.25) is 0 Å². The number of nitrogens with zero attached hydrogens (tertiary/aromatic N) is 1. The molecule has 2 aromatic rings. The van der Waals surface area contributed by atoms with Crippen molar-refractivity contribution >= 4 is 21.6 Å². The van der Waals surface area contributed by atoms with E-state index in [0.717, 1.165) is 0 Å². The molecule has 6 nitrogen and oxygen atoms in total. The summed E-state index contributed by atoms with van der Waals surface area (Å²) in [7, 11) is -2.48. The Balaban J connectivity index is 2.60. The van der Waals surface area contributed by atoms with Crippen molar-refractivity contribution in [1.29, 1.82) is 0 Å². The van der Waals surface area contributed by atoms with Gasteiger partial charge in [-0.2, -0.15) is 0 Å². The molecule has 2 N–H and O–H groups in total. The molecule has 0 aliphatic carbocycles. The molecule has 0 aliphatic rings. The van der Waals surface area contributed by atoms with Gasteiger partial charge in [0, 0.05) is 6.04 Å². The molecule has 7 heteroatoms. The Labute approximate surface area is 141 Å². The summed E-state index contributed by atoms with van der Waals surface area (Å²) in [6.07, 6.45) is 0. The van der Waals surface area contributed by atoms with Gasteiger partial charge in [-0.3, -0.25) is 9.10 Å². The van der Waals surface area contributed by atoms with E-state index < -0.39 is 15.9 Å². The molecule has 0 heterocycles. The van der Waals surface area contributed by atoms with Crippen molar-refractivity contribution in [2.45, 2.75) is 24.8 Å². The predicted octanol–water partition coefficient (Wildman–Crippen LogP) is 2.40. The molecule has 128 valence electrons. The molecule has 0 aromatic heterocycles. The second kappa shape index (κ2) is 6.92. The molecular weight excluding hydrogens is 328 g/mol. The smallest absolute Gasteiger partial charge is 0.264 e. The zero-order valence-corrected chi connectivity index (χ0v) is 14.6. The second-order valence-corrected chi connectivity index (χ2v) is 7.27. The van der Waals surface area contributed by atoms with Gasteiger partial charge < -0.3 is 10.5 Å². The first kappa shape index (κ1) is 17.8. The van der Waals surface area contributed by atoms with E-state index in [1.165, 1.54) is 29.6 Å². The topological polar surface area (TPSA) is 89.7 Å². The Morgan fingerprint density at radius 1 is 1.12 bits per heavy atom. The SMILES string of the molecule is COc1ccc(S(=O)(=O)N(c2ccccc2)C(C)C)cc1C(N)=O. The van der Waals surface area contributed by atoms with Crippen molar-refractivity contribution in [1.82, 2.24) is 0 Å². The largest absolute Gasteiger partial charge is 0.496 e. The van der Waals surface area contributed by atoms with Gasteiger partial charge >= 0.3 is 0 Å². The number of amides is 1. The lowest BCUT2D eigenvalue weighted by Crippen LogP contribution is -2.37. The molecule has 0 atom stereocenters. The molecule has 0 unspecified atom stereocenters. The number of primary amides is 1. The third-order valence-electron chi connectivity index (χ3n) is 3.47. The Morgan fingerprint density at radius 3 is 2.25 bits per heavy atom. The average molecular weight is 348 g/mol. The van der Waals surface area contributed by atoms with Crippen LogP contribution in [0.15, 0.2) is 53.4 Å². The Bertz CT molecular complexity index is 833. The van der Waals surface area contributed by atoms with Crippen LogP contribution < -0.4 is 14.8 Å². The minimum absolute atomic E-state index is 0.0188. The number of sulfonamides is 1. The van der Waals surface area contributed by atoms with E-state index >= 15 is 0 Å². The molecule has 24 heavy (non-hydrogen) atoms. The molecule has 0 saturated carbocycles.